The van der Waals surface area contributed by atoms with Crippen LogP contribution in [-0.4, -0.2) is 29.0 Å². The van der Waals surface area contributed by atoms with Crippen molar-refractivity contribution in [1.82, 2.24) is 9.97 Å². The number of benzene rings is 1. The molecule has 5 nitrogen and oxygen atoms in total. The number of hydrogen-bond donors (Lipinski definition) is 2. The van der Waals surface area contributed by atoms with Crippen molar-refractivity contribution in [3.63, 3.8) is 0 Å². The number of carbonyl (C=O) groups excluding carboxylic acids is 1. The second-order valence-corrected chi connectivity index (χ2v) is 4.26. The van der Waals surface area contributed by atoms with Crippen molar-refractivity contribution in [2.24, 2.45) is 5.92 Å². The Hall–Kier alpha value is -1.88. The molecule has 3 rings (SSSR count). The van der Waals surface area contributed by atoms with Crippen LogP contribution in [0.5, 0.6) is 0 Å². The number of aromatic amines is 2. The molecule has 5 heteroatoms. The molecule has 1 atom stereocenters. The molecule has 2 N–H and O–H groups in total. The lowest BCUT2D eigenvalue weighted by molar-refractivity contribution is 0.0900. The van der Waals surface area contributed by atoms with Gasteiger partial charge in [-0.05, 0) is 24.6 Å². The zero-order chi connectivity index (χ0) is 11.8. The Morgan fingerprint density at radius 1 is 1.29 bits per heavy atom. The molecule has 2 heterocycles. The van der Waals surface area contributed by atoms with Crippen LogP contribution in [0, 0.1) is 5.92 Å². The molecule has 1 aliphatic heterocycles. The SMILES string of the molecule is O=C(c1ccc2[nH]c(=O)[nH]c2c1)C1CCOC1. The van der Waals surface area contributed by atoms with Crippen LogP contribution in [0.4, 0.5) is 0 Å². The Bertz CT molecular complexity index is 620. The van der Waals surface area contributed by atoms with Crippen LogP contribution in [0.2, 0.25) is 0 Å². The molecule has 0 saturated carbocycles. The Kier molecular flexibility index (Phi) is 2.33. The van der Waals surface area contributed by atoms with Gasteiger partial charge in [0.05, 0.1) is 17.6 Å². The number of aromatic nitrogens is 2. The predicted molar refractivity (Wildman–Crippen MR) is 62.2 cm³/mol. The van der Waals surface area contributed by atoms with Gasteiger partial charge in [-0.15, -0.1) is 0 Å². The fraction of sp³-hybridized carbons (Fsp3) is 0.333. The number of nitrogens with one attached hydrogen (secondary N) is 2. The molecule has 88 valence electrons. The van der Waals surface area contributed by atoms with Gasteiger partial charge in [-0.25, -0.2) is 4.79 Å². The lowest BCUT2D eigenvalue weighted by atomic mass is 9.97. The van der Waals surface area contributed by atoms with Gasteiger partial charge >= 0.3 is 5.69 Å². The molecule has 0 aliphatic carbocycles. The van der Waals surface area contributed by atoms with Gasteiger partial charge in [-0.3, -0.25) is 4.79 Å². The van der Waals surface area contributed by atoms with Crippen LogP contribution in [0.15, 0.2) is 23.0 Å². The highest BCUT2D eigenvalue weighted by Crippen LogP contribution is 2.20. The van der Waals surface area contributed by atoms with E-state index in [4.69, 9.17) is 4.74 Å². The number of fused-ring (bicyclic) bond motifs is 1. The molecule has 1 unspecified atom stereocenters. The van der Waals surface area contributed by atoms with E-state index in [1.54, 1.807) is 18.2 Å². The number of rotatable bonds is 2. The van der Waals surface area contributed by atoms with Crippen LogP contribution in [0.3, 0.4) is 0 Å². The minimum Gasteiger partial charge on any atom is -0.381 e. The summed E-state index contributed by atoms with van der Waals surface area (Å²) in [6.45, 7) is 1.15. The Morgan fingerprint density at radius 2 is 2.12 bits per heavy atom. The molecule has 0 spiro atoms. The first-order chi connectivity index (χ1) is 8.24. The first kappa shape index (κ1) is 10.3. The van der Waals surface area contributed by atoms with Gasteiger partial charge in [0.25, 0.3) is 0 Å². The fourth-order valence-electron chi connectivity index (χ4n) is 2.16. The van der Waals surface area contributed by atoms with E-state index in [0.717, 1.165) is 6.42 Å². The lowest BCUT2D eigenvalue weighted by Gasteiger charge is -2.06. The summed E-state index contributed by atoms with van der Waals surface area (Å²) in [7, 11) is 0. The monoisotopic (exact) mass is 232 g/mol. The Morgan fingerprint density at radius 3 is 2.88 bits per heavy atom. The third kappa shape index (κ3) is 1.78. The average Bonchev–Trinajstić information content (AvgIpc) is 2.94. The van der Waals surface area contributed by atoms with Gasteiger partial charge in [0.2, 0.25) is 0 Å². The maximum absolute atomic E-state index is 12.1. The fourth-order valence-corrected chi connectivity index (χ4v) is 2.16. The van der Waals surface area contributed by atoms with Gasteiger partial charge in [0.1, 0.15) is 0 Å². The van der Waals surface area contributed by atoms with Crippen molar-refractivity contribution in [1.29, 1.82) is 0 Å². The van der Waals surface area contributed by atoms with E-state index in [9.17, 15) is 9.59 Å². The highest BCUT2D eigenvalue weighted by atomic mass is 16.5. The van der Waals surface area contributed by atoms with Crippen LogP contribution in [0.25, 0.3) is 11.0 Å². The zero-order valence-corrected chi connectivity index (χ0v) is 9.16. The van der Waals surface area contributed by atoms with Crippen molar-refractivity contribution >= 4 is 16.8 Å². The summed E-state index contributed by atoms with van der Waals surface area (Å²) in [5, 5.41) is 0. The summed E-state index contributed by atoms with van der Waals surface area (Å²) in [6.07, 6.45) is 0.778. The van der Waals surface area contributed by atoms with Gasteiger partial charge < -0.3 is 14.7 Å². The Labute approximate surface area is 96.8 Å². The third-order valence-corrected chi connectivity index (χ3v) is 3.10. The normalized spacial score (nSPS) is 19.9. The van der Waals surface area contributed by atoms with Gasteiger partial charge in [0, 0.05) is 18.1 Å². The molecule has 17 heavy (non-hydrogen) atoms. The first-order valence-corrected chi connectivity index (χ1v) is 5.58. The Balaban J connectivity index is 1.99. The molecule has 0 radical (unpaired) electrons. The second kappa shape index (κ2) is 3.85. The summed E-state index contributed by atoms with van der Waals surface area (Å²) in [5.74, 6) is 0.0459. The van der Waals surface area contributed by atoms with Crippen molar-refractivity contribution in [3.05, 3.63) is 34.2 Å². The predicted octanol–water partition coefficient (Wildman–Crippen LogP) is 1.08. The summed E-state index contributed by atoms with van der Waals surface area (Å²) in [4.78, 5) is 28.5. The third-order valence-electron chi connectivity index (χ3n) is 3.10. The number of carbonyl (C=O) groups is 1. The molecule has 1 fully saturated rings. The zero-order valence-electron chi connectivity index (χ0n) is 9.16. The maximum atomic E-state index is 12.1. The van der Waals surface area contributed by atoms with Crippen LogP contribution in [0.1, 0.15) is 16.8 Å². The van der Waals surface area contributed by atoms with Crippen LogP contribution in [-0.2, 0) is 4.74 Å². The van der Waals surface area contributed by atoms with Crippen molar-refractivity contribution in [3.8, 4) is 0 Å². The molecule has 0 bridgehead atoms. The van der Waals surface area contributed by atoms with Gasteiger partial charge in [0.15, 0.2) is 5.78 Å². The molecular weight excluding hydrogens is 220 g/mol. The summed E-state index contributed by atoms with van der Waals surface area (Å²) in [6, 6.07) is 5.21. The van der Waals surface area contributed by atoms with Crippen molar-refractivity contribution in [2.45, 2.75) is 6.42 Å². The number of ketones is 1. The van der Waals surface area contributed by atoms with E-state index in [0.29, 0.717) is 29.8 Å². The lowest BCUT2D eigenvalue weighted by Crippen LogP contribution is -2.14. The van der Waals surface area contributed by atoms with E-state index < -0.39 is 0 Å². The van der Waals surface area contributed by atoms with Gasteiger partial charge in [-0.1, -0.05) is 0 Å². The molecule has 1 aromatic heterocycles. The number of imidazole rings is 1. The van der Waals surface area contributed by atoms with Crippen LogP contribution < -0.4 is 5.69 Å². The minimum absolute atomic E-state index is 0.0434. The second-order valence-electron chi connectivity index (χ2n) is 4.26. The molecule has 1 aliphatic rings. The molecule has 0 amide bonds. The van der Waals surface area contributed by atoms with E-state index in [-0.39, 0.29) is 17.4 Å². The maximum Gasteiger partial charge on any atom is 0.323 e. The van der Waals surface area contributed by atoms with Gasteiger partial charge in [-0.2, -0.15) is 0 Å². The van der Waals surface area contributed by atoms with E-state index in [1.807, 2.05) is 0 Å². The topological polar surface area (TPSA) is 75.0 Å². The first-order valence-electron chi connectivity index (χ1n) is 5.58. The van der Waals surface area contributed by atoms with E-state index in [2.05, 4.69) is 9.97 Å². The van der Waals surface area contributed by atoms with Crippen LogP contribution >= 0.6 is 0 Å². The molecule has 2 aromatic rings. The standard InChI is InChI=1S/C12H12N2O3/c15-11(8-3-4-17-6-8)7-1-2-9-10(5-7)14-12(16)13-9/h1-2,5,8H,3-4,6H2,(H2,13,14,16). The molecule has 1 saturated heterocycles. The number of Topliss-reactive ketones (excluding diaryl/α,β-unsaturated/α-hetero) is 1. The van der Waals surface area contributed by atoms with Crippen molar-refractivity contribution in [2.75, 3.05) is 13.2 Å². The largest absolute Gasteiger partial charge is 0.381 e. The number of H-pyrrole nitrogens is 2. The summed E-state index contributed by atoms with van der Waals surface area (Å²) < 4.78 is 5.21. The smallest absolute Gasteiger partial charge is 0.323 e. The van der Waals surface area contributed by atoms with E-state index >= 15 is 0 Å². The highest BCUT2D eigenvalue weighted by Gasteiger charge is 2.24. The van der Waals surface area contributed by atoms with E-state index in [1.165, 1.54) is 0 Å². The molecular formula is C12H12N2O3. The average molecular weight is 232 g/mol. The summed E-state index contributed by atoms with van der Waals surface area (Å²) >= 11 is 0. The van der Waals surface area contributed by atoms with Crippen molar-refractivity contribution < 1.29 is 9.53 Å². The summed E-state index contributed by atoms with van der Waals surface area (Å²) in [5.41, 5.74) is 1.76. The minimum atomic E-state index is -0.256. The quantitative estimate of drug-likeness (QED) is 0.761. The molecule has 1 aromatic carbocycles. The highest BCUT2D eigenvalue weighted by molar-refractivity contribution is 6.00. The number of ether oxygens (including phenoxy) is 1. The number of hydrogen-bond acceptors (Lipinski definition) is 3.